The Morgan fingerprint density at radius 1 is 1.62 bits per heavy atom. The van der Waals surface area contributed by atoms with Gasteiger partial charge >= 0.3 is 0 Å². The van der Waals surface area contributed by atoms with Crippen LogP contribution in [0.2, 0.25) is 0 Å². The lowest BCUT2D eigenvalue weighted by Gasteiger charge is -2.15. The fourth-order valence-corrected chi connectivity index (χ4v) is 1.45. The van der Waals surface area contributed by atoms with Gasteiger partial charge < -0.3 is 5.32 Å². The maximum atomic E-state index is 10.6. The van der Waals surface area contributed by atoms with E-state index < -0.39 is 0 Å². The molecule has 0 amide bonds. The molecule has 0 fully saturated rings. The quantitative estimate of drug-likeness (QED) is 0.470. The number of nitro groups is 1. The Bertz CT molecular complexity index is 402. The van der Waals surface area contributed by atoms with Gasteiger partial charge in [0.15, 0.2) is 0 Å². The Morgan fingerprint density at radius 3 is 2.88 bits per heavy atom. The summed E-state index contributed by atoms with van der Waals surface area (Å²) >= 11 is 0. The Morgan fingerprint density at radius 2 is 2.31 bits per heavy atom. The Hall–Kier alpha value is -1.84. The first-order chi connectivity index (χ1) is 7.54. The van der Waals surface area contributed by atoms with Crippen LogP contribution < -0.4 is 5.32 Å². The molecule has 0 saturated carbocycles. The summed E-state index contributed by atoms with van der Waals surface area (Å²) in [6.45, 7) is 7.60. The molecule has 0 saturated heterocycles. The third kappa shape index (κ3) is 3.08. The van der Waals surface area contributed by atoms with Crippen LogP contribution in [0.25, 0.3) is 0 Å². The maximum absolute atomic E-state index is 10.6. The molecule has 0 aliphatic carbocycles. The number of hydrogen-bond acceptors (Lipinski definition) is 3. The van der Waals surface area contributed by atoms with E-state index in [2.05, 4.69) is 11.9 Å². The van der Waals surface area contributed by atoms with E-state index in [9.17, 15) is 10.1 Å². The van der Waals surface area contributed by atoms with Crippen molar-refractivity contribution in [2.45, 2.75) is 26.3 Å². The van der Waals surface area contributed by atoms with E-state index in [1.54, 1.807) is 12.1 Å². The van der Waals surface area contributed by atoms with Gasteiger partial charge in [-0.2, -0.15) is 0 Å². The molecule has 1 aromatic carbocycles. The highest BCUT2D eigenvalue weighted by molar-refractivity contribution is 5.57. The summed E-state index contributed by atoms with van der Waals surface area (Å²) in [7, 11) is 0. The van der Waals surface area contributed by atoms with Crippen molar-refractivity contribution in [3.05, 3.63) is 46.5 Å². The lowest BCUT2D eigenvalue weighted by molar-refractivity contribution is -0.384. The van der Waals surface area contributed by atoms with Crippen molar-refractivity contribution in [2.24, 2.45) is 0 Å². The highest BCUT2D eigenvalue weighted by Gasteiger charge is 2.09. The highest BCUT2D eigenvalue weighted by Crippen LogP contribution is 2.22. The number of rotatable bonds is 5. The van der Waals surface area contributed by atoms with Crippen molar-refractivity contribution in [3.8, 4) is 0 Å². The van der Waals surface area contributed by atoms with Gasteiger partial charge in [-0.15, -0.1) is 6.58 Å². The molecule has 0 bridgehead atoms. The van der Waals surface area contributed by atoms with Gasteiger partial charge in [-0.1, -0.05) is 12.1 Å². The van der Waals surface area contributed by atoms with Crippen LogP contribution in [0.1, 0.15) is 18.9 Å². The number of aryl methyl sites for hydroxylation is 1. The van der Waals surface area contributed by atoms with E-state index in [1.165, 1.54) is 6.07 Å². The lowest BCUT2D eigenvalue weighted by atomic mass is 10.1. The number of anilines is 1. The van der Waals surface area contributed by atoms with Crippen LogP contribution in [0.4, 0.5) is 11.4 Å². The summed E-state index contributed by atoms with van der Waals surface area (Å²) in [5, 5.41) is 13.9. The molecule has 1 N–H and O–H groups in total. The molecule has 0 heterocycles. The van der Waals surface area contributed by atoms with E-state index in [4.69, 9.17) is 0 Å². The molecule has 4 nitrogen and oxygen atoms in total. The summed E-state index contributed by atoms with van der Waals surface area (Å²) in [6, 6.07) is 5.05. The Kier molecular flexibility index (Phi) is 4.05. The maximum Gasteiger partial charge on any atom is 0.271 e. The Labute approximate surface area is 95.1 Å². The minimum absolute atomic E-state index is 0.110. The van der Waals surface area contributed by atoms with Gasteiger partial charge in [-0.25, -0.2) is 0 Å². The van der Waals surface area contributed by atoms with Crippen LogP contribution in [0.15, 0.2) is 30.9 Å². The van der Waals surface area contributed by atoms with Crippen LogP contribution in [-0.2, 0) is 0 Å². The van der Waals surface area contributed by atoms with Gasteiger partial charge in [0.2, 0.25) is 0 Å². The summed E-state index contributed by atoms with van der Waals surface area (Å²) in [5.74, 6) is 0. The van der Waals surface area contributed by atoms with Gasteiger partial charge in [0.25, 0.3) is 5.69 Å². The van der Waals surface area contributed by atoms with Gasteiger partial charge in [0.05, 0.1) is 4.92 Å². The molecule has 0 radical (unpaired) electrons. The molecule has 1 atom stereocenters. The molecule has 0 aromatic heterocycles. The molecular weight excluding hydrogens is 204 g/mol. The molecule has 0 aliphatic heterocycles. The standard InChI is InChI=1S/C12H16N2O2/c1-4-5-10(3)13-12-8-11(14(15)16)7-6-9(12)2/h4,6-8,10,13H,1,5H2,2-3H3. The smallest absolute Gasteiger partial charge is 0.271 e. The zero-order chi connectivity index (χ0) is 12.1. The van der Waals surface area contributed by atoms with Crippen LogP contribution >= 0.6 is 0 Å². The predicted octanol–water partition coefficient (Wildman–Crippen LogP) is 3.28. The molecule has 86 valence electrons. The molecule has 0 spiro atoms. The first kappa shape index (κ1) is 12.2. The average Bonchev–Trinajstić information content (AvgIpc) is 2.21. The van der Waals surface area contributed by atoms with Crippen molar-refractivity contribution < 1.29 is 4.92 Å². The third-order valence-electron chi connectivity index (χ3n) is 2.35. The zero-order valence-corrected chi connectivity index (χ0v) is 9.56. The number of nitrogens with one attached hydrogen (secondary N) is 1. The summed E-state index contributed by atoms with van der Waals surface area (Å²) in [4.78, 5) is 10.3. The predicted molar refractivity (Wildman–Crippen MR) is 65.7 cm³/mol. The van der Waals surface area contributed by atoms with Gasteiger partial charge in [0, 0.05) is 23.9 Å². The van der Waals surface area contributed by atoms with E-state index in [1.807, 2.05) is 19.9 Å². The fraction of sp³-hybridized carbons (Fsp3) is 0.333. The van der Waals surface area contributed by atoms with Crippen LogP contribution in [0.3, 0.4) is 0 Å². The monoisotopic (exact) mass is 220 g/mol. The summed E-state index contributed by atoms with van der Waals surface area (Å²) in [5.41, 5.74) is 1.92. The molecule has 1 aromatic rings. The number of hydrogen-bond donors (Lipinski definition) is 1. The second-order valence-electron chi connectivity index (χ2n) is 3.83. The van der Waals surface area contributed by atoms with Gasteiger partial charge in [0.1, 0.15) is 0 Å². The van der Waals surface area contributed by atoms with Gasteiger partial charge in [-0.3, -0.25) is 10.1 Å². The number of benzene rings is 1. The van der Waals surface area contributed by atoms with Crippen LogP contribution in [0.5, 0.6) is 0 Å². The van der Waals surface area contributed by atoms with Crippen LogP contribution in [0, 0.1) is 17.0 Å². The lowest BCUT2D eigenvalue weighted by Crippen LogP contribution is -2.14. The second kappa shape index (κ2) is 5.30. The van der Waals surface area contributed by atoms with E-state index in [0.717, 1.165) is 17.7 Å². The third-order valence-corrected chi connectivity index (χ3v) is 2.35. The zero-order valence-electron chi connectivity index (χ0n) is 9.56. The largest absolute Gasteiger partial charge is 0.382 e. The summed E-state index contributed by atoms with van der Waals surface area (Å²) in [6.07, 6.45) is 2.65. The minimum Gasteiger partial charge on any atom is -0.382 e. The van der Waals surface area contributed by atoms with Crippen molar-refractivity contribution in [1.29, 1.82) is 0 Å². The van der Waals surface area contributed by atoms with Crippen LogP contribution in [-0.4, -0.2) is 11.0 Å². The molecule has 1 unspecified atom stereocenters. The van der Waals surface area contributed by atoms with E-state index in [0.29, 0.717) is 0 Å². The van der Waals surface area contributed by atoms with Gasteiger partial charge in [-0.05, 0) is 25.8 Å². The van der Waals surface area contributed by atoms with Crippen molar-refractivity contribution in [2.75, 3.05) is 5.32 Å². The van der Waals surface area contributed by atoms with E-state index in [-0.39, 0.29) is 16.7 Å². The SMILES string of the molecule is C=CCC(C)Nc1cc([N+](=O)[O-])ccc1C. The fourth-order valence-electron chi connectivity index (χ4n) is 1.45. The van der Waals surface area contributed by atoms with Crippen molar-refractivity contribution in [1.82, 2.24) is 0 Å². The number of nitrogens with zero attached hydrogens (tertiary/aromatic N) is 1. The Balaban J connectivity index is 2.89. The second-order valence-corrected chi connectivity index (χ2v) is 3.83. The average molecular weight is 220 g/mol. The molecule has 4 heteroatoms. The number of nitro benzene ring substituents is 1. The minimum atomic E-state index is -0.386. The highest BCUT2D eigenvalue weighted by atomic mass is 16.6. The normalized spacial score (nSPS) is 11.9. The topological polar surface area (TPSA) is 55.2 Å². The van der Waals surface area contributed by atoms with Crippen molar-refractivity contribution in [3.63, 3.8) is 0 Å². The molecule has 1 rings (SSSR count). The number of non-ortho nitro benzene ring substituents is 1. The molecule has 0 aliphatic rings. The first-order valence-electron chi connectivity index (χ1n) is 5.17. The molecule has 16 heavy (non-hydrogen) atoms. The summed E-state index contributed by atoms with van der Waals surface area (Å²) < 4.78 is 0. The molecular formula is C12H16N2O2. The van der Waals surface area contributed by atoms with Crippen molar-refractivity contribution >= 4 is 11.4 Å². The van der Waals surface area contributed by atoms with E-state index >= 15 is 0 Å². The first-order valence-corrected chi connectivity index (χ1v) is 5.17.